The Kier molecular flexibility index (Phi) is 2.78. The largest absolute Gasteiger partial charge is 0.467 e. The molecule has 0 saturated carbocycles. The number of nitrogens with zero attached hydrogens (tertiary/aromatic N) is 1. The van der Waals surface area contributed by atoms with Gasteiger partial charge >= 0.3 is 0 Å². The van der Waals surface area contributed by atoms with Crippen molar-refractivity contribution in [3.05, 3.63) is 42.4 Å². The highest BCUT2D eigenvalue weighted by Gasteiger charge is 2.11. The number of aromatic nitrogens is 1. The molecule has 0 spiro atoms. The Morgan fingerprint density at radius 3 is 3.00 bits per heavy atom. The number of rotatable bonds is 3. The quantitative estimate of drug-likeness (QED) is 0.836. The van der Waals surface area contributed by atoms with E-state index in [0.29, 0.717) is 12.1 Å². The van der Waals surface area contributed by atoms with Crippen molar-refractivity contribution < 1.29 is 8.81 Å². The summed E-state index contributed by atoms with van der Waals surface area (Å²) in [5, 5.41) is 2.97. The van der Waals surface area contributed by atoms with E-state index < -0.39 is 0 Å². The third-order valence-electron chi connectivity index (χ3n) is 2.15. The van der Waals surface area contributed by atoms with E-state index in [1.54, 1.807) is 24.6 Å². The molecule has 0 radical (unpaired) electrons. The number of nitrogens with one attached hydrogen (secondary N) is 1. The predicted molar refractivity (Wildman–Crippen MR) is 54.7 cm³/mol. The Labute approximate surface area is 86.9 Å². The summed E-state index contributed by atoms with van der Waals surface area (Å²) in [7, 11) is 1.81. The molecule has 0 unspecified atom stereocenters. The van der Waals surface area contributed by atoms with Gasteiger partial charge in [0.1, 0.15) is 11.6 Å². The Morgan fingerprint density at radius 2 is 2.27 bits per heavy atom. The summed E-state index contributed by atoms with van der Waals surface area (Å²) in [6.45, 7) is 0.574. The Morgan fingerprint density at radius 1 is 1.40 bits per heavy atom. The van der Waals surface area contributed by atoms with E-state index in [2.05, 4.69) is 10.3 Å². The molecule has 2 heterocycles. The highest BCUT2D eigenvalue weighted by atomic mass is 19.1. The summed E-state index contributed by atoms with van der Waals surface area (Å²) in [6, 6.07) is 3.39. The highest BCUT2D eigenvalue weighted by molar-refractivity contribution is 5.65. The highest BCUT2D eigenvalue weighted by Crippen LogP contribution is 2.26. The van der Waals surface area contributed by atoms with Gasteiger partial charge in [0, 0.05) is 17.3 Å². The first-order valence-electron chi connectivity index (χ1n) is 4.64. The lowest BCUT2D eigenvalue weighted by Gasteiger charge is -2.02. The predicted octanol–water partition coefficient (Wildman–Crippen LogP) is 2.20. The summed E-state index contributed by atoms with van der Waals surface area (Å²) >= 11 is 0. The van der Waals surface area contributed by atoms with Gasteiger partial charge in [-0.1, -0.05) is 0 Å². The van der Waals surface area contributed by atoms with Crippen LogP contribution in [0, 0.1) is 5.82 Å². The average molecular weight is 206 g/mol. The van der Waals surface area contributed by atoms with E-state index in [9.17, 15) is 4.39 Å². The lowest BCUT2D eigenvalue weighted by Crippen LogP contribution is -2.05. The third-order valence-corrected chi connectivity index (χ3v) is 2.15. The first-order valence-corrected chi connectivity index (χ1v) is 4.64. The molecule has 0 amide bonds. The zero-order chi connectivity index (χ0) is 10.7. The van der Waals surface area contributed by atoms with E-state index >= 15 is 0 Å². The molecule has 15 heavy (non-hydrogen) atoms. The van der Waals surface area contributed by atoms with E-state index in [1.165, 1.54) is 6.20 Å². The molecule has 2 aromatic rings. The maximum atomic E-state index is 13.4. The van der Waals surface area contributed by atoms with Crippen LogP contribution in [0.3, 0.4) is 0 Å². The number of hydrogen-bond donors (Lipinski definition) is 1. The monoisotopic (exact) mass is 206 g/mol. The fourth-order valence-electron chi connectivity index (χ4n) is 1.47. The van der Waals surface area contributed by atoms with Crippen LogP contribution in [0.5, 0.6) is 0 Å². The van der Waals surface area contributed by atoms with Gasteiger partial charge in [0.2, 0.25) is 0 Å². The van der Waals surface area contributed by atoms with Gasteiger partial charge in [0.25, 0.3) is 0 Å². The molecule has 0 aliphatic heterocycles. The second-order valence-corrected chi connectivity index (χ2v) is 3.14. The lowest BCUT2D eigenvalue weighted by molar-refractivity contribution is 0.496. The molecule has 2 aromatic heterocycles. The molecule has 3 nitrogen and oxygen atoms in total. The molecule has 0 bridgehead atoms. The number of furan rings is 1. The van der Waals surface area contributed by atoms with Crippen LogP contribution in [0.4, 0.5) is 4.39 Å². The zero-order valence-corrected chi connectivity index (χ0v) is 8.33. The van der Waals surface area contributed by atoms with Crippen molar-refractivity contribution in [2.24, 2.45) is 0 Å². The van der Waals surface area contributed by atoms with Crippen molar-refractivity contribution in [2.75, 3.05) is 7.05 Å². The van der Waals surface area contributed by atoms with Crippen LogP contribution < -0.4 is 5.32 Å². The molecule has 0 aromatic carbocycles. The number of pyridine rings is 1. The Balaban J connectivity index is 2.45. The van der Waals surface area contributed by atoms with Gasteiger partial charge in [0.05, 0.1) is 19.0 Å². The van der Waals surface area contributed by atoms with Crippen LogP contribution >= 0.6 is 0 Å². The SMILES string of the molecule is CNCc1occc1-c1ccncc1F. The molecule has 0 saturated heterocycles. The third kappa shape index (κ3) is 1.89. The van der Waals surface area contributed by atoms with Crippen LogP contribution in [0.2, 0.25) is 0 Å². The second-order valence-electron chi connectivity index (χ2n) is 3.14. The molecule has 78 valence electrons. The topological polar surface area (TPSA) is 38.1 Å². The van der Waals surface area contributed by atoms with Gasteiger partial charge in [-0.3, -0.25) is 4.98 Å². The summed E-state index contributed by atoms with van der Waals surface area (Å²) in [5.41, 5.74) is 1.29. The summed E-state index contributed by atoms with van der Waals surface area (Å²) < 4.78 is 18.7. The Bertz CT molecular complexity index is 453. The molecular formula is C11H11FN2O. The normalized spacial score (nSPS) is 10.5. The molecule has 2 rings (SSSR count). The maximum absolute atomic E-state index is 13.4. The minimum Gasteiger partial charge on any atom is -0.467 e. The molecule has 4 heteroatoms. The standard InChI is InChI=1S/C11H11FN2O/c1-13-7-11-9(3-5-15-11)8-2-4-14-6-10(8)12/h2-6,13H,7H2,1H3. The Hall–Kier alpha value is -1.68. The maximum Gasteiger partial charge on any atom is 0.149 e. The van der Waals surface area contributed by atoms with Crippen molar-refractivity contribution >= 4 is 0 Å². The first-order chi connectivity index (χ1) is 7.33. The lowest BCUT2D eigenvalue weighted by atomic mass is 10.1. The van der Waals surface area contributed by atoms with Gasteiger partial charge in [-0.2, -0.15) is 0 Å². The van der Waals surface area contributed by atoms with Crippen molar-refractivity contribution in [3.8, 4) is 11.1 Å². The van der Waals surface area contributed by atoms with Gasteiger partial charge in [-0.25, -0.2) is 4.39 Å². The van der Waals surface area contributed by atoms with Crippen molar-refractivity contribution in [1.29, 1.82) is 0 Å². The fraction of sp³-hybridized carbons (Fsp3) is 0.182. The van der Waals surface area contributed by atoms with E-state index in [1.807, 2.05) is 7.05 Å². The van der Waals surface area contributed by atoms with Crippen molar-refractivity contribution in [2.45, 2.75) is 6.54 Å². The van der Waals surface area contributed by atoms with Crippen molar-refractivity contribution in [3.63, 3.8) is 0 Å². The molecule has 0 aliphatic rings. The molecule has 0 aliphatic carbocycles. The van der Waals surface area contributed by atoms with Crippen LogP contribution in [0.1, 0.15) is 5.76 Å². The summed E-state index contributed by atoms with van der Waals surface area (Å²) in [5.74, 6) is 0.388. The van der Waals surface area contributed by atoms with Crippen molar-refractivity contribution in [1.82, 2.24) is 10.3 Å². The van der Waals surface area contributed by atoms with Gasteiger partial charge < -0.3 is 9.73 Å². The summed E-state index contributed by atoms with van der Waals surface area (Å²) in [6.07, 6.45) is 4.32. The smallest absolute Gasteiger partial charge is 0.149 e. The first kappa shape index (κ1) is 9.86. The van der Waals surface area contributed by atoms with E-state index in [4.69, 9.17) is 4.42 Å². The fourth-order valence-corrected chi connectivity index (χ4v) is 1.47. The molecular weight excluding hydrogens is 195 g/mol. The molecule has 0 atom stereocenters. The second kappa shape index (κ2) is 4.23. The minimum absolute atomic E-state index is 0.337. The van der Waals surface area contributed by atoms with Crippen LogP contribution in [-0.2, 0) is 6.54 Å². The minimum atomic E-state index is -0.337. The van der Waals surface area contributed by atoms with Crippen LogP contribution in [-0.4, -0.2) is 12.0 Å². The van der Waals surface area contributed by atoms with E-state index in [-0.39, 0.29) is 5.82 Å². The summed E-state index contributed by atoms with van der Waals surface area (Å²) in [4.78, 5) is 3.71. The van der Waals surface area contributed by atoms with Crippen LogP contribution in [0.15, 0.2) is 35.2 Å². The number of halogens is 1. The van der Waals surface area contributed by atoms with Gasteiger partial charge in [0.15, 0.2) is 0 Å². The van der Waals surface area contributed by atoms with Crippen LogP contribution in [0.25, 0.3) is 11.1 Å². The average Bonchev–Trinajstić information content (AvgIpc) is 2.67. The van der Waals surface area contributed by atoms with Gasteiger partial charge in [-0.05, 0) is 19.2 Å². The molecule has 1 N–H and O–H groups in total. The zero-order valence-electron chi connectivity index (χ0n) is 8.33. The van der Waals surface area contributed by atoms with E-state index in [0.717, 1.165) is 11.3 Å². The molecule has 0 fully saturated rings. The number of hydrogen-bond acceptors (Lipinski definition) is 3. The van der Waals surface area contributed by atoms with Gasteiger partial charge in [-0.15, -0.1) is 0 Å².